The number of benzene rings is 2. The second kappa shape index (κ2) is 10.4. The summed E-state index contributed by atoms with van der Waals surface area (Å²) in [5.74, 6) is 0.197. The van der Waals surface area contributed by atoms with Crippen LogP contribution in [-0.2, 0) is 6.18 Å². The highest BCUT2D eigenvalue weighted by atomic mass is 19.4. The van der Waals surface area contributed by atoms with Crippen molar-refractivity contribution in [2.75, 3.05) is 33.3 Å². The van der Waals surface area contributed by atoms with Gasteiger partial charge < -0.3 is 9.64 Å². The van der Waals surface area contributed by atoms with Gasteiger partial charge in [-0.3, -0.25) is 9.69 Å². The first-order valence-electron chi connectivity index (χ1n) is 12.5. The maximum absolute atomic E-state index is 14.0. The van der Waals surface area contributed by atoms with Gasteiger partial charge in [0.2, 0.25) is 0 Å². The number of rotatable bonds is 6. The standard InChI is InChI=1S/C28H28F3N5O2/c1-3-24(20-7-5-4-6-8-20)34-13-15-35(16-14-34)27(37)22-18-32-36-25(28(29,30)31)17-23(33-26(22)36)19-9-11-21(38-2)12-10-19/h4-12,17-18,24H,3,13-16H2,1-2H3. The molecule has 1 amide bonds. The molecule has 4 aromatic rings. The van der Waals surface area contributed by atoms with E-state index in [2.05, 4.69) is 34.0 Å². The second-order valence-corrected chi connectivity index (χ2v) is 9.21. The highest BCUT2D eigenvalue weighted by molar-refractivity contribution is 6.00. The second-order valence-electron chi connectivity index (χ2n) is 9.21. The van der Waals surface area contributed by atoms with Gasteiger partial charge in [-0.15, -0.1) is 0 Å². The summed E-state index contributed by atoms with van der Waals surface area (Å²) in [6.45, 7) is 4.39. The van der Waals surface area contributed by atoms with Gasteiger partial charge in [-0.05, 0) is 42.3 Å². The first kappa shape index (κ1) is 25.7. The van der Waals surface area contributed by atoms with Crippen LogP contribution in [0.5, 0.6) is 5.75 Å². The van der Waals surface area contributed by atoms with Crippen LogP contribution in [0.4, 0.5) is 13.2 Å². The summed E-state index contributed by atoms with van der Waals surface area (Å²) < 4.78 is 47.8. The predicted molar refractivity (Wildman–Crippen MR) is 137 cm³/mol. The van der Waals surface area contributed by atoms with Crippen molar-refractivity contribution in [1.29, 1.82) is 0 Å². The number of ether oxygens (including phenoxy) is 1. The maximum Gasteiger partial charge on any atom is 0.433 e. The zero-order valence-corrected chi connectivity index (χ0v) is 21.2. The Bertz CT molecular complexity index is 1410. The number of carbonyl (C=O) groups excluding carboxylic acids is 1. The van der Waals surface area contributed by atoms with Crippen molar-refractivity contribution in [2.45, 2.75) is 25.6 Å². The van der Waals surface area contributed by atoms with E-state index in [1.54, 1.807) is 29.2 Å². The zero-order chi connectivity index (χ0) is 26.9. The van der Waals surface area contributed by atoms with Crippen molar-refractivity contribution >= 4 is 11.6 Å². The molecule has 0 saturated carbocycles. The lowest BCUT2D eigenvalue weighted by Crippen LogP contribution is -2.49. The van der Waals surface area contributed by atoms with E-state index in [0.29, 0.717) is 42.0 Å². The lowest BCUT2D eigenvalue weighted by Gasteiger charge is -2.39. The minimum absolute atomic E-state index is 0.0504. The third-order valence-corrected chi connectivity index (χ3v) is 6.99. The maximum atomic E-state index is 14.0. The minimum Gasteiger partial charge on any atom is -0.497 e. The number of aromatic nitrogens is 3. The third-order valence-electron chi connectivity index (χ3n) is 6.99. The number of halogens is 3. The van der Waals surface area contributed by atoms with Crippen LogP contribution >= 0.6 is 0 Å². The quantitative estimate of drug-likeness (QED) is 0.342. The highest BCUT2D eigenvalue weighted by Gasteiger charge is 2.37. The highest BCUT2D eigenvalue weighted by Crippen LogP contribution is 2.33. The molecule has 0 aliphatic carbocycles. The van der Waals surface area contributed by atoms with E-state index < -0.39 is 11.9 Å². The molecule has 2 aromatic carbocycles. The van der Waals surface area contributed by atoms with Gasteiger partial charge in [0.25, 0.3) is 5.91 Å². The number of methoxy groups -OCH3 is 1. The molecule has 1 unspecified atom stereocenters. The van der Waals surface area contributed by atoms with Crippen molar-refractivity contribution in [2.24, 2.45) is 0 Å². The molecule has 38 heavy (non-hydrogen) atoms. The Balaban J connectivity index is 1.43. The fraction of sp³-hybridized carbons (Fsp3) is 0.321. The summed E-state index contributed by atoms with van der Waals surface area (Å²) in [5, 5.41) is 3.92. The Hall–Kier alpha value is -3.92. The molecular formula is C28H28F3N5O2. The van der Waals surface area contributed by atoms with E-state index in [1.165, 1.54) is 18.9 Å². The van der Waals surface area contributed by atoms with Crippen LogP contribution in [0.25, 0.3) is 16.9 Å². The van der Waals surface area contributed by atoms with Crippen LogP contribution in [0.3, 0.4) is 0 Å². The zero-order valence-electron chi connectivity index (χ0n) is 21.2. The Morgan fingerprint density at radius 2 is 1.71 bits per heavy atom. The van der Waals surface area contributed by atoms with Gasteiger partial charge in [0, 0.05) is 37.8 Å². The number of carbonyl (C=O) groups is 1. The summed E-state index contributed by atoms with van der Waals surface area (Å²) in [4.78, 5) is 22.0. The normalized spacial score (nSPS) is 15.6. The molecule has 1 atom stereocenters. The van der Waals surface area contributed by atoms with Crippen molar-refractivity contribution < 1.29 is 22.7 Å². The van der Waals surface area contributed by atoms with Gasteiger partial charge in [0.1, 0.15) is 11.3 Å². The first-order valence-corrected chi connectivity index (χ1v) is 12.5. The van der Waals surface area contributed by atoms with Crippen LogP contribution in [0.1, 0.15) is 41.0 Å². The van der Waals surface area contributed by atoms with Gasteiger partial charge in [0.15, 0.2) is 11.3 Å². The largest absolute Gasteiger partial charge is 0.497 e. The molecule has 0 spiro atoms. The van der Waals surface area contributed by atoms with E-state index >= 15 is 0 Å². The SMILES string of the molecule is CCC(c1ccccc1)N1CCN(C(=O)c2cnn3c(C(F)(F)F)cc(-c4ccc(OC)cc4)nc23)CC1. The van der Waals surface area contributed by atoms with Crippen molar-refractivity contribution in [3.05, 3.63) is 83.7 Å². The van der Waals surface area contributed by atoms with Gasteiger partial charge in [-0.25, -0.2) is 9.50 Å². The number of piperazine rings is 1. The Labute approximate surface area is 218 Å². The molecule has 198 valence electrons. The average Bonchev–Trinajstić information content (AvgIpc) is 3.37. The molecule has 0 N–H and O–H groups in total. The van der Waals surface area contributed by atoms with E-state index in [4.69, 9.17) is 4.74 Å². The van der Waals surface area contributed by atoms with Crippen LogP contribution in [0, 0.1) is 0 Å². The lowest BCUT2D eigenvalue weighted by atomic mass is 10.0. The number of hydrogen-bond donors (Lipinski definition) is 0. The number of fused-ring (bicyclic) bond motifs is 1. The van der Waals surface area contributed by atoms with Crippen molar-refractivity contribution in [1.82, 2.24) is 24.4 Å². The van der Waals surface area contributed by atoms with Gasteiger partial charge in [-0.2, -0.15) is 18.3 Å². The van der Waals surface area contributed by atoms with Gasteiger partial charge >= 0.3 is 6.18 Å². The van der Waals surface area contributed by atoms with Crippen molar-refractivity contribution in [3.8, 4) is 17.0 Å². The summed E-state index contributed by atoms with van der Waals surface area (Å²) in [6, 6.07) is 18.0. The topological polar surface area (TPSA) is 63.0 Å². The average molecular weight is 524 g/mol. The first-order chi connectivity index (χ1) is 18.3. The van der Waals surface area contributed by atoms with Gasteiger partial charge in [-0.1, -0.05) is 37.3 Å². The minimum atomic E-state index is -4.69. The van der Waals surface area contributed by atoms with Crippen LogP contribution in [0.15, 0.2) is 66.9 Å². The predicted octanol–water partition coefficient (Wildman–Crippen LogP) is 5.33. The molecule has 3 heterocycles. The van der Waals surface area contributed by atoms with Crippen LogP contribution < -0.4 is 4.74 Å². The monoisotopic (exact) mass is 523 g/mol. The molecule has 0 radical (unpaired) electrons. The fourth-order valence-corrected chi connectivity index (χ4v) is 5.01. The summed E-state index contributed by atoms with van der Waals surface area (Å²) >= 11 is 0. The van der Waals surface area contributed by atoms with Crippen molar-refractivity contribution in [3.63, 3.8) is 0 Å². The van der Waals surface area contributed by atoms with Gasteiger partial charge in [0.05, 0.1) is 19.0 Å². The molecule has 5 rings (SSSR count). The number of hydrogen-bond acceptors (Lipinski definition) is 5. The van der Waals surface area contributed by atoms with Crippen LogP contribution in [0.2, 0.25) is 0 Å². The number of nitrogens with zero attached hydrogens (tertiary/aromatic N) is 5. The molecule has 1 aliphatic rings. The Kier molecular flexibility index (Phi) is 7.07. The summed E-state index contributed by atoms with van der Waals surface area (Å²) in [5.41, 5.74) is 0.736. The molecule has 2 aromatic heterocycles. The summed E-state index contributed by atoms with van der Waals surface area (Å²) in [7, 11) is 1.51. The molecule has 7 nitrogen and oxygen atoms in total. The molecule has 1 saturated heterocycles. The van der Waals surface area contributed by atoms with Crippen LogP contribution in [-0.4, -0.2) is 63.6 Å². The number of alkyl halides is 3. The lowest BCUT2D eigenvalue weighted by molar-refractivity contribution is -0.142. The third kappa shape index (κ3) is 4.96. The molecule has 1 aliphatic heterocycles. The Morgan fingerprint density at radius 3 is 2.32 bits per heavy atom. The van der Waals surface area contributed by atoms with E-state index in [9.17, 15) is 18.0 Å². The molecular weight excluding hydrogens is 495 g/mol. The molecule has 10 heteroatoms. The molecule has 1 fully saturated rings. The number of amides is 1. The fourth-order valence-electron chi connectivity index (χ4n) is 5.01. The van der Waals surface area contributed by atoms with E-state index in [1.807, 2.05) is 18.2 Å². The molecule has 0 bridgehead atoms. The Morgan fingerprint density at radius 1 is 1.03 bits per heavy atom. The summed E-state index contributed by atoms with van der Waals surface area (Å²) in [6.07, 6.45) is -2.57. The van der Waals surface area contributed by atoms with E-state index in [-0.39, 0.29) is 28.9 Å². The smallest absolute Gasteiger partial charge is 0.433 e. The van der Waals surface area contributed by atoms with E-state index in [0.717, 1.165) is 12.5 Å².